The molecular formula is C15H20F3NO. The van der Waals surface area contributed by atoms with Crippen LogP contribution in [0.1, 0.15) is 49.9 Å². The van der Waals surface area contributed by atoms with Gasteiger partial charge in [0.05, 0.1) is 0 Å². The van der Waals surface area contributed by atoms with Crippen LogP contribution in [-0.4, -0.2) is 12.5 Å². The topological polar surface area (TPSA) is 29.1 Å². The number of nitrogens with one attached hydrogen (secondary N) is 1. The lowest BCUT2D eigenvalue weighted by molar-refractivity contribution is 0.0944. The zero-order valence-electron chi connectivity index (χ0n) is 11.8. The predicted octanol–water partition coefficient (Wildman–Crippen LogP) is 4.05. The third-order valence-corrected chi connectivity index (χ3v) is 3.34. The Morgan fingerprint density at radius 1 is 1.20 bits per heavy atom. The maximum Gasteiger partial charge on any atom is 0.251 e. The van der Waals surface area contributed by atoms with E-state index in [1.54, 1.807) is 0 Å². The van der Waals surface area contributed by atoms with Crippen LogP contribution in [0.25, 0.3) is 0 Å². The molecule has 0 bridgehead atoms. The fourth-order valence-electron chi connectivity index (χ4n) is 1.97. The van der Waals surface area contributed by atoms with E-state index in [4.69, 9.17) is 0 Å². The van der Waals surface area contributed by atoms with E-state index in [-0.39, 0.29) is 5.56 Å². The average molecular weight is 287 g/mol. The maximum absolute atomic E-state index is 13.0. The van der Waals surface area contributed by atoms with Crippen LogP contribution < -0.4 is 5.32 Å². The third-order valence-electron chi connectivity index (χ3n) is 3.34. The van der Waals surface area contributed by atoms with Gasteiger partial charge in [0, 0.05) is 12.1 Å². The Hall–Kier alpha value is -1.52. The highest BCUT2D eigenvalue weighted by atomic mass is 19.2. The van der Waals surface area contributed by atoms with Crippen molar-refractivity contribution in [2.24, 2.45) is 5.92 Å². The van der Waals surface area contributed by atoms with Gasteiger partial charge in [0.15, 0.2) is 17.5 Å². The summed E-state index contributed by atoms with van der Waals surface area (Å²) in [4.78, 5) is 11.8. The molecule has 0 aliphatic carbocycles. The number of benzene rings is 1. The molecule has 2 nitrogen and oxygen atoms in total. The molecule has 0 aliphatic heterocycles. The van der Waals surface area contributed by atoms with Gasteiger partial charge in [0.25, 0.3) is 5.91 Å². The van der Waals surface area contributed by atoms with Gasteiger partial charge in [-0.3, -0.25) is 4.79 Å². The number of carbonyl (C=O) groups is 1. The minimum Gasteiger partial charge on any atom is -0.352 e. The van der Waals surface area contributed by atoms with E-state index in [9.17, 15) is 18.0 Å². The van der Waals surface area contributed by atoms with Crippen molar-refractivity contribution in [3.05, 3.63) is 35.1 Å². The molecule has 0 saturated carbocycles. The van der Waals surface area contributed by atoms with Crippen LogP contribution in [0, 0.1) is 23.4 Å². The summed E-state index contributed by atoms with van der Waals surface area (Å²) in [5.41, 5.74) is -0.202. The molecule has 1 aromatic carbocycles. The summed E-state index contributed by atoms with van der Waals surface area (Å²) in [6.45, 7) is 4.58. The first-order valence-corrected chi connectivity index (χ1v) is 6.92. The number of hydrogen-bond donors (Lipinski definition) is 1. The van der Waals surface area contributed by atoms with E-state index in [1.165, 1.54) is 0 Å². The van der Waals surface area contributed by atoms with Gasteiger partial charge in [-0.15, -0.1) is 0 Å². The zero-order valence-corrected chi connectivity index (χ0v) is 11.8. The summed E-state index contributed by atoms with van der Waals surface area (Å²) in [7, 11) is 0. The summed E-state index contributed by atoms with van der Waals surface area (Å²) in [6, 6.07) is 1.42. The molecule has 0 heterocycles. The average Bonchev–Trinajstić information content (AvgIpc) is 2.44. The molecule has 1 N–H and O–H groups in total. The molecule has 1 aromatic rings. The summed E-state index contributed by atoms with van der Waals surface area (Å²) in [5.74, 6) is -4.51. The van der Waals surface area contributed by atoms with E-state index in [0.717, 1.165) is 25.7 Å². The molecule has 0 radical (unpaired) electrons. The van der Waals surface area contributed by atoms with E-state index in [2.05, 4.69) is 12.2 Å². The standard InChI is InChI=1S/C15H20F3NO/c1-3-5-6-10(4-2)9-19-15(20)11-7-12(16)14(18)13(17)8-11/h7-8,10H,3-6,9H2,1-2H3,(H,19,20). The van der Waals surface area contributed by atoms with Crippen molar-refractivity contribution >= 4 is 5.91 Å². The predicted molar refractivity (Wildman–Crippen MR) is 72.0 cm³/mol. The third kappa shape index (κ3) is 4.54. The van der Waals surface area contributed by atoms with Crippen molar-refractivity contribution in [2.45, 2.75) is 39.5 Å². The van der Waals surface area contributed by atoms with E-state index >= 15 is 0 Å². The quantitative estimate of drug-likeness (QED) is 0.753. The van der Waals surface area contributed by atoms with Crippen LogP contribution in [-0.2, 0) is 0 Å². The lowest BCUT2D eigenvalue weighted by Gasteiger charge is -2.15. The number of unbranched alkanes of at least 4 members (excludes halogenated alkanes) is 1. The first-order chi connectivity index (χ1) is 9.49. The van der Waals surface area contributed by atoms with Gasteiger partial charge in [0.2, 0.25) is 0 Å². The van der Waals surface area contributed by atoms with E-state index < -0.39 is 23.4 Å². The Morgan fingerprint density at radius 2 is 1.80 bits per heavy atom. The molecule has 1 rings (SSSR count). The normalized spacial score (nSPS) is 12.2. The molecule has 20 heavy (non-hydrogen) atoms. The monoisotopic (exact) mass is 287 g/mol. The Kier molecular flexibility index (Phi) is 6.55. The first-order valence-electron chi connectivity index (χ1n) is 6.92. The van der Waals surface area contributed by atoms with Gasteiger partial charge < -0.3 is 5.32 Å². The van der Waals surface area contributed by atoms with Gasteiger partial charge in [-0.2, -0.15) is 0 Å². The second-order valence-electron chi connectivity index (χ2n) is 4.88. The van der Waals surface area contributed by atoms with Crippen LogP contribution in [0.15, 0.2) is 12.1 Å². The Morgan fingerprint density at radius 3 is 2.30 bits per heavy atom. The lowest BCUT2D eigenvalue weighted by atomic mass is 9.99. The van der Waals surface area contributed by atoms with Crippen molar-refractivity contribution < 1.29 is 18.0 Å². The van der Waals surface area contributed by atoms with Gasteiger partial charge in [-0.25, -0.2) is 13.2 Å². The summed E-state index contributed by atoms with van der Waals surface area (Å²) in [6.07, 6.45) is 4.08. The van der Waals surface area contributed by atoms with Gasteiger partial charge in [-0.05, 0) is 24.5 Å². The molecule has 0 aliphatic rings. The van der Waals surface area contributed by atoms with E-state index in [0.29, 0.717) is 24.6 Å². The van der Waals surface area contributed by atoms with Crippen LogP contribution in [0.4, 0.5) is 13.2 Å². The SMILES string of the molecule is CCCCC(CC)CNC(=O)c1cc(F)c(F)c(F)c1. The van der Waals surface area contributed by atoms with Crippen LogP contribution >= 0.6 is 0 Å². The summed E-state index contributed by atoms with van der Waals surface area (Å²) in [5, 5.41) is 2.64. The second kappa shape index (κ2) is 7.92. The Labute approximate surface area is 117 Å². The molecule has 0 fully saturated rings. The van der Waals surface area contributed by atoms with Crippen molar-refractivity contribution in [3.63, 3.8) is 0 Å². The van der Waals surface area contributed by atoms with Gasteiger partial charge in [0.1, 0.15) is 0 Å². The zero-order chi connectivity index (χ0) is 15.1. The van der Waals surface area contributed by atoms with Crippen LogP contribution in [0.2, 0.25) is 0 Å². The molecule has 0 aromatic heterocycles. The maximum atomic E-state index is 13.0. The molecule has 1 atom stereocenters. The summed E-state index contributed by atoms with van der Waals surface area (Å²) < 4.78 is 38.9. The fourth-order valence-corrected chi connectivity index (χ4v) is 1.97. The highest BCUT2D eigenvalue weighted by Gasteiger charge is 2.15. The van der Waals surface area contributed by atoms with Crippen molar-refractivity contribution in [1.29, 1.82) is 0 Å². The fraction of sp³-hybridized carbons (Fsp3) is 0.533. The molecular weight excluding hydrogens is 267 g/mol. The number of carbonyl (C=O) groups excluding carboxylic acids is 1. The van der Waals surface area contributed by atoms with Crippen LogP contribution in [0.5, 0.6) is 0 Å². The van der Waals surface area contributed by atoms with Gasteiger partial charge in [-0.1, -0.05) is 33.1 Å². The van der Waals surface area contributed by atoms with Crippen molar-refractivity contribution in [3.8, 4) is 0 Å². The number of halogens is 3. The minimum absolute atomic E-state index is 0.202. The van der Waals surface area contributed by atoms with Crippen molar-refractivity contribution in [2.75, 3.05) is 6.54 Å². The molecule has 5 heteroatoms. The Balaban J connectivity index is 2.62. The highest BCUT2D eigenvalue weighted by Crippen LogP contribution is 2.15. The minimum atomic E-state index is -1.56. The molecule has 112 valence electrons. The Bertz CT molecular complexity index is 439. The first kappa shape index (κ1) is 16.5. The van der Waals surface area contributed by atoms with Gasteiger partial charge >= 0.3 is 0 Å². The van der Waals surface area contributed by atoms with Crippen molar-refractivity contribution in [1.82, 2.24) is 5.32 Å². The second-order valence-corrected chi connectivity index (χ2v) is 4.88. The molecule has 1 amide bonds. The molecule has 1 unspecified atom stereocenters. The van der Waals surface area contributed by atoms with E-state index in [1.807, 2.05) is 6.92 Å². The lowest BCUT2D eigenvalue weighted by Crippen LogP contribution is -2.29. The van der Waals surface area contributed by atoms with Crippen LogP contribution in [0.3, 0.4) is 0 Å². The summed E-state index contributed by atoms with van der Waals surface area (Å²) >= 11 is 0. The number of rotatable bonds is 7. The largest absolute Gasteiger partial charge is 0.352 e. The molecule has 0 spiro atoms. The molecule has 0 saturated heterocycles. The smallest absolute Gasteiger partial charge is 0.251 e. The highest BCUT2D eigenvalue weighted by molar-refractivity contribution is 5.94. The number of hydrogen-bond acceptors (Lipinski definition) is 1. The number of amides is 1.